The fourth-order valence-electron chi connectivity index (χ4n) is 0.673. The smallest absolute Gasteiger partial charge is 0.0209 e. The lowest BCUT2D eigenvalue weighted by Gasteiger charge is -2.21. The van der Waals surface area contributed by atoms with Crippen LogP contribution in [-0.4, -0.2) is 26.2 Å². The van der Waals surface area contributed by atoms with E-state index in [9.17, 15) is 8.76 Å². The minimum Gasteiger partial charge on any atom is -0.760 e. The average molecular weight is 164 g/mol. The zero-order chi connectivity index (χ0) is 7.98. The first-order valence-electron chi connectivity index (χ1n) is 3.56. The van der Waals surface area contributed by atoms with Crippen LogP contribution in [-0.2, 0) is 11.3 Å². The highest BCUT2D eigenvalue weighted by Gasteiger charge is 1.98. The Bertz CT molecular complexity index is 108. The Labute approximate surface area is 64.8 Å². The Balaban J connectivity index is 3.50. The molecule has 0 radical (unpaired) electrons. The van der Waals surface area contributed by atoms with Gasteiger partial charge in [0.05, 0.1) is 0 Å². The monoisotopic (exact) mass is 164 g/mol. The van der Waals surface area contributed by atoms with Gasteiger partial charge in [-0.2, -0.15) is 0 Å². The minimum atomic E-state index is -2.02. The normalized spacial score (nSPS) is 14.0. The van der Waals surface area contributed by atoms with Gasteiger partial charge in [0.2, 0.25) is 0 Å². The predicted molar refractivity (Wildman–Crippen MR) is 41.1 cm³/mol. The molecular weight excluding hydrogens is 150 g/mol. The van der Waals surface area contributed by atoms with E-state index in [4.69, 9.17) is 0 Å². The number of nitrogens with zero attached hydrogens (tertiary/aromatic N) is 1. The summed E-state index contributed by atoms with van der Waals surface area (Å²) in [6.45, 7) is 5.12. The van der Waals surface area contributed by atoms with Gasteiger partial charge in [-0.1, -0.05) is 20.3 Å². The third-order valence-corrected chi connectivity index (χ3v) is 2.19. The second-order valence-electron chi connectivity index (χ2n) is 2.09. The zero-order valence-electron chi connectivity index (χ0n) is 6.50. The van der Waals surface area contributed by atoms with Crippen LogP contribution < -0.4 is 0 Å². The maximum absolute atomic E-state index is 10.4. The maximum atomic E-state index is 10.4. The molecule has 0 N–H and O–H groups in total. The van der Waals surface area contributed by atoms with Crippen LogP contribution in [0.5, 0.6) is 0 Å². The molecule has 10 heavy (non-hydrogen) atoms. The van der Waals surface area contributed by atoms with Gasteiger partial charge >= 0.3 is 0 Å². The van der Waals surface area contributed by atoms with Gasteiger partial charge in [0.15, 0.2) is 0 Å². The van der Waals surface area contributed by atoms with Crippen molar-refractivity contribution in [3.05, 3.63) is 0 Å². The molecule has 1 unspecified atom stereocenters. The van der Waals surface area contributed by atoms with Crippen molar-refractivity contribution >= 4 is 11.3 Å². The fraction of sp³-hybridized carbons (Fsp3) is 1.00. The van der Waals surface area contributed by atoms with Crippen LogP contribution in [0.4, 0.5) is 0 Å². The molecule has 0 amide bonds. The third kappa shape index (κ3) is 3.98. The van der Waals surface area contributed by atoms with E-state index in [1.807, 2.05) is 13.8 Å². The van der Waals surface area contributed by atoms with Crippen LogP contribution in [0.15, 0.2) is 0 Å². The van der Waals surface area contributed by atoms with E-state index in [-0.39, 0.29) is 0 Å². The molecule has 0 aromatic carbocycles. The summed E-state index contributed by atoms with van der Waals surface area (Å²) in [5.41, 5.74) is 0. The summed E-state index contributed by atoms with van der Waals surface area (Å²) in [6.07, 6.45) is 1.98. The molecule has 0 rings (SSSR count). The molecule has 0 bridgehead atoms. The SMILES string of the molecule is CCCCN(CC)S(=O)[O-]. The first kappa shape index (κ1) is 10.1. The number of hydrogen-bond donors (Lipinski definition) is 0. The van der Waals surface area contributed by atoms with Crippen LogP contribution in [0.1, 0.15) is 26.7 Å². The fourth-order valence-corrected chi connectivity index (χ4v) is 1.16. The summed E-state index contributed by atoms with van der Waals surface area (Å²) in [5.74, 6) is 0. The van der Waals surface area contributed by atoms with Gasteiger partial charge in [0.25, 0.3) is 0 Å². The van der Waals surface area contributed by atoms with Gasteiger partial charge in [0, 0.05) is 24.4 Å². The van der Waals surface area contributed by atoms with Crippen LogP contribution in [0.2, 0.25) is 0 Å². The van der Waals surface area contributed by atoms with E-state index in [0.29, 0.717) is 13.1 Å². The molecule has 0 heterocycles. The van der Waals surface area contributed by atoms with Crippen molar-refractivity contribution in [3.8, 4) is 0 Å². The van der Waals surface area contributed by atoms with Crippen molar-refractivity contribution in [1.29, 1.82) is 0 Å². The first-order valence-corrected chi connectivity index (χ1v) is 4.59. The van der Waals surface area contributed by atoms with Gasteiger partial charge < -0.3 is 4.55 Å². The minimum absolute atomic E-state index is 0.579. The van der Waals surface area contributed by atoms with E-state index >= 15 is 0 Å². The number of hydrogen-bond acceptors (Lipinski definition) is 2. The van der Waals surface area contributed by atoms with Gasteiger partial charge in [0.1, 0.15) is 0 Å². The molecule has 0 aromatic heterocycles. The van der Waals surface area contributed by atoms with E-state index < -0.39 is 11.3 Å². The number of unbranched alkanes of at least 4 members (excludes halogenated alkanes) is 1. The summed E-state index contributed by atoms with van der Waals surface area (Å²) in [7, 11) is 0. The highest BCUT2D eigenvalue weighted by atomic mass is 32.2. The maximum Gasteiger partial charge on any atom is 0.0209 e. The van der Waals surface area contributed by atoms with Crippen LogP contribution >= 0.6 is 0 Å². The lowest BCUT2D eigenvalue weighted by molar-refractivity contribution is 0.394. The van der Waals surface area contributed by atoms with Crippen molar-refractivity contribution in [3.63, 3.8) is 0 Å². The van der Waals surface area contributed by atoms with Crippen molar-refractivity contribution in [2.75, 3.05) is 13.1 Å². The molecule has 1 atom stereocenters. The Kier molecular flexibility index (Phi) is 5.87. The standard InChI is InChI=1S/C6H15NO2S/c1-3-5-6-7(4-2)10(8)9/h3-6H2,1-2H3,(H,8,9)/p-1. The largest absolute Gasteiger partial charge is 0.760 e. The average Bonchev–Trinajstić information content (AvgIpc) is 1.89. The molecular formula is C6H14NO2S-. The van der Waals surface area contributed by atoms with E-state index in [1.54, 1.807) is 0 Å². The molecule has 0 fully saturated rings. The quantitative estimate of drug-likeness (QED) is 0.567. The van der Waals surface area contributed by atoms with Gasteiger partial charge in [-0.15, -0.1) is 0 Å². The lowest BCUT2D eigenvalue weighted by atomic mass is 10.3. The van der Waals surface area contributed by atoms with Crippen molar-refractivity contribution in [1.82, 2.24) is 4.31 Å². The highest BCUT2D eigenvalue weighted by molar-refractivity contribution is 7.76. The van der Waals surface area contributed by atoms with Crippen molar-refractivity contribution < 1.29 is 8.76 Å². The summed E-state index contributed by atoms with van der Waals surface area (Å²) in [6, 6.07) is 0. The van der Waals surface area contributed by atoms with Crippen LogP contribution in [0.3, 0.4) is 0 Å². The Hall–Kier alpha value is 0.0700. The molecule has 0 aliphatic heterocycles. The first-order chi connectivity index (χ1) is 4.72. The molecule has 3 nitrogen and oxygen atoms in total. The summed E-state index contributed by atoms with van der Waals surface area (Å²) in [4.78, 5) is 0. The van der Waals surface area contributed by atoms with Crippen molar-refractivity contribution in [2.24, 2.45) is 0 Å². The third-order valence-electron chi connectivity index (χ3n) is 1.32. The zero-order valence-corrected chi connectivity index (χ0v) is 7.32. The van der Waals surface area contributed by atoms with Gasteiger partial charge in [-0.25, -0.2) is 4.31 Å². The van der Waals surface area contributed by atoms with Gasteiger partial charge in [-0.3, -0.25) is 4.21 Å². The molecule has 0 aliphatic carbocycles. The molecule has 0 spiro atoms. The van der Waals surface area contributed by atoms with Crippen molar-refractivity contribution in [2.45, 2.75) is 26.7 Å². The van der Waals surface area contributed by atoms with Crippen LogP contribution in [0, 0.1) is 0 Å². The molecule has 0 saturated heterocycles. The van der Waals surface area contributed by atoms with E-state index in [0.717, 1.165) is 12.8 Å². The Morgan fingerprint density at radius 3 is 2.40 bits per heavy atom. The van der Waals surface area contributed by atoms with E-state index in [1.165, 1.54) is 4.31 Å². The number of rotatable bonds is 5. The summed E-state index contributed by atoms with van der Waals surface area (Å²) < 4.78 is 22.1. The highest BCUT2D eigenvalue weighted by Crippen LogP contribution is 1.95. The Morgan fingerprint density at radius 1 is 1.50 bits per heavy atom. The molecule has 62 valence electrons. The molecule has 0 aromatic rings. The molecule has 0 saturated carbocycles. The predicted octanol–water partition coefficient (Wildman–Crippen LogP) is 0.903. The summed E-state index contributed by atoms with van der Waals surface area (Å²) in [5, 5.41) is 0. The second kappa shape index (κ2) is 5.82. The van der Waals surface area contributed by atoms with Crippen LogP contribution in [0.25, 0.3) is 0 Å². The lowest BCUT2D eigenvalue weighted by Crippen LogP contribution is -2.26. The molecule has 4 heteroatoms. The van der Waals surface area contributed by atoms with E-state index in [2.05, 4.69) is 0 Å². The second-order valence-corrected chi connectivity index (χ2v) is 3.04. The molecule has 0 aliphatic rings. The Morgan fingerprint density at radius 2 is 2.10 bits per heavy atom. The van der Waals surface area contributed by atoms with Gasteiger partial charge in [-0.05, 0) is 6.42 Å². The topological polar surface area (TPSA) is 43.4 Å². The summed E-state index contributed by atoms with van der Waals surface area (Å²) >= 11 is -2.02.